The van der Waals surface area contributed by atoms with Crippen molar-refractivity contribution in [1.29, 1.82) is 0 Å². The summed E-state index contributed by atoms with van der Waals surface area (Å²) in [5.74, 6) is -0.0363. The predicted molar refractivity (Wildman–Crippen MR) is 158 cm³/mol. The zero-order chi connectivity index (χ0) is 32.1. The summed E-state index contributed by atoms with van der Waals surface area (Å²) >= 11 is 0. The van der Waals surface area contributed by atoms with Crippen LogP contribution in [0.1, 0.15) is 50.1 Å². The number of alkyl halides is 3. The van der Waals surface area contributed by atoms with E-state index in [1.54, 1.807) is 49.2 Å². The van der Waals surface area contributed by atoms with Crippen molar-refractivity contribution in [2.75, 3.05) is 55.4 Å². The Morgan fingerprint density at radius 2 is 1.70 bits per heavy atom. The van der Waals surface area contributed by atoms with E-state index >= 15 is 0 Å². The molecule has 0 atom stereocenters. The van der Waals surface area contributed by atoms with E-state index in [-0.39, 0.29) is 23.8 Å². The molecule has 12 nitrogen and oxygen atoms in total. The highest BCUT2D eigenvalue weighted by molar-refractivity contribution is 5.92. The van der Waals surface area contributed by atoms with Crippen molar-refractivity contribution in [1.82, 2.24) is 24.1 Å². The average molecular weight is 619 g/mol. The Morgan fingerprint density at radius 1 is 1.05 bits per heavy atom. The van der Waals surface area contributed by atoms with Crippen molar-refractivity contribution in [3.8, 4) is 0 Å². The predicted octanol–water partition coefficient (Wildman–Crippen LogP) is 3.33. The first kappa shape index (κ1) is 31.1. The summed E-state index contributed by atoms with van der Waals surface area (Å²) < 4.78 is 48.6. The van der Waals surface area contributed by atoms with Crippen LogP contribution in [0.15, 0.2) is 16.9 Å². The summed E-state index contributed by atoms with van der Waals surface area (Å²) in [7, 11) is 3.46. The number of halogens is 3. The molecule has 1 aromatic carbocycles. The number of piperazine rings is 1. The van der Waals surface area contributed by atoms with Crippen LogP contribution in [0, 0.1) is 0 Å². The highest BCUT2D eigenvalue weighted by Gasteiger charge is 2.37. The van der Waals surface area contributed by atoms with Gasteiger partial charge in [-0.2, -0.15) is 22.7 Å². The number of carbonyl (C=O) groups is 2. The third-order valence-electron chi connectivity index (χ3n) is 7.73. The second-order valence-electron chi connectivity index (χ2n) is 12.2. The summed E-state index contributed by atoms with van der Waals surface area (Å²) in [5, 5.41) is 7.17. The lowest BCUT2D eigenvalue weighted by atomic mass is 9.83. The number of aromatic nitrogens is 4. The maximum absolute atomic E-state index is 13.9. The number of hydrogen-bond donors (Lipinski definition) is 1. The molecule has 1 N–H and O–H groups in total. The number of benzene rings is 1. The van der Waals surface area contributed by atoms with E-state index in [2.05, 4.69) is 15.4 Å². The van der Waals surface area contributed by atoms with Gasteiger partial charge < -0.3 is 29.3 Å². The smallest absolute Gasteiger partial charge is 0.416 e. The van der Waals surface area contributed by atoms with E-state index in [1.165, 1.54) is 10.6 Å². The van der Waals surface area contributed by atoms with E-state index in [1.807, 2.05) is 11.8 Å². The molecule has 15 heteroatoms. The van der Waals surface area contributed by atoms with E-state index in [0.717, 1.165) is 6.07 Å². The Hall–Kier alpha value is -4.30. The lowest BCUT2D eigenvalue weighted by Gasteiger charge is -2.37. The summed E-state index contributed by atoms with van der Waals surface area (Å²) in [5.41, 5.74) is 0.222. The van der Waals surface area contributed by atoms with Gasteiger partial charge in [-0.3, -0.25) is 9.59 Å². The van der Waals surface area contributed by atoms with Gasteiger partial charge in [-0.15, -0.1) is 5.10 Å². The Balaban J connectivity index is 1.48. The minimum Gasteiger partial charge on any atom is -0.444 e. The fourth-order valence-electron chi connectivity index (χ4n) is 5.60. The quantitative estimate of drug-likeness (QED) is 0.447. The molecule has 1 saturated heterocycles. The van der Waals surface area contributed by atoms with Crippen molar-refractivity contribution in [2.45, 2.75) is 65.3 Å². The molecule has 0 spiro atoms. The Kier molecular flexibility index (Phi) is 8.01. The molecular weight excluding hydrogens is 581 g/mol. The zero-order valence-corrected chi connectivity index (χ0v) is 25.7. The summed E-state index contributed by atoms with van der Waals surface area (Å²) in [6.45, 7) is 8.37. The monoisotopic (exact) mass is 618 g/mol. The van der Waals surface area contributed by atoms with Crippen molar-refractivity contribution >= 4 is 35.1 Å². The van der Waals surface area contributed by atoms with Gasteiger partial charge in [-0.05, 0) is 63.3 Å². The molecule has 1 aliphatic heterocycles. The van der Waals surface area contributed by atoms with Crippen LogP contribution in [-0.2, 0) is 41.5 Å². The third-order valence-corrected chi connectivity index (χ3v) is 7.73. The van der Waals surface area contributed by atoms with Gasteiger partial charge in [0.1, 0.15) is 17.8 Å². The van der Waals surface area contributed by atoms with Gasteiger partial charge in [-0.1, -0.05) is 6.92 Å². The molecule has 2 aliphatic rings. The molecule has 2 amide bonds. The van der Waals surface area contributed by atoms with Crippen LogP contribution in [-0.4, -0.2) is 81.9 Å². The third kappa shape index (κ3) is 5.91. The fraction of sp³-hybridized carbons (Fsp3) is 0.552. The van der Waals surface area contributed by atoms with E-state index in [0.29, 0.717) is 68.1 Å². The number of nitrogens with zero attached hydrogens (tertiary/aromatic N) is 7. The first-order chi connectivity index (χ1) is 20.6. The largest absolute Gasteiger partial charge is 0.444 e. The van der Waals surface area contributed by atoms with E-state index in [4.69, 9.17) is 4.74 Å². The number of hydrogen-bond acceptors (Lipinski definition) is 8. The number of carbonyl (C=O) groups excluding carboxylic acids is 2. The van der Waals surface area contributed by atoms with Crippen LogP contribution in [0.2, 0.25) is 0 Å². The SMILES string of the molecule is CCc1c(N2CCN(C(=O)OC(C)(C)C)CC2)c(=O)n2nc(N(C)C)nc2n1CC(=O)Nc1ccc(C(F)(F)F)c2c1CC2. The highest BCUT2D eigenvalue weighted by atomic mass is 19.4. The van der Waals surface area contributed by atoms with Gasteiger partial charge >= 0.3 is 12.3 Å². The average Bonchev–Trinajstić information content (AvgIpc) is 3.36. The Morgan fingerprint density at radius 3 is 2.25 bits per heavy atom. The van der Waals surface area contributed by atoms with Crippen molar-refractivity contribution in [2.24, 2.45) is 0 Å². The lowest BCUT2D eigenvalue weighted by molar-refractivity contribution is -0.138. The van der Waals surface area contributed by atoms with E-state index in [9.17, 15) is 27.6 Å². The first-order valence-corrected chi connectivity index (χ1v) is 14.5. The van der Waals surface area contributed by atoms with Gasteiger partial charge in [0.25, 0.3) is 5.56 Å². The van der Waals surface area contributed by atoms with Gasteiger partial charge in [-0.25, -0.2) is 4.79 Å². The Bertz CT molecular complexity index is 1660. The van der Waals surface area contributed by atoms with Gasteiger partial charge in [0.05, 0.1) is 11.3 Å². The maximum Gasteiger partial charge on any atom is 0.416 e. The fourth-order valence-corrected chi connectivity index (χ4v) is 5.60. The van der Waals surface area contributed by atoms with Crippen LogP contribution >= 0.6 is 0 Å². The van der Waals surface area contributed by atoms with Crippen LogP contribution in [0.3, 0.4) is 0 Å². The molecule has 0 unspecified atom stereocenters. The molecular formula is C29H37F3N8O4. The Labute approximate surface area is 252 Å². The molecule has 3 heterocycles. The summed E-state index contributed by atoms with van der Waals surface area (Å²) in [6.07, 6.45) is -3.78. The molecule has 0 radical (unpaired) electrons. The first-order valence-electron chi connectivity index (χ1n) is 14.5. The molecule has 44 heavy (non-hydrogen) atoms. The number of nitrogens with one attached hydrogen (secondary N) is 1. The molecule has 1 aliphatic carbocycles. The standard InChI is InChI=1S/C29H37F3N8O4/c1-7-21-23(37-12-14-38(15-13-37)27(43)44-28(2,3)4)24(42)40-26(34-25(35-40)36(5)6)39(21)16-22(41)33-20-11-10-19(29(30,31)32)17-8-9-18(17)20/h10-11H,7-9,12-16H2,1-6H3,(H,33,41). The number of ether oxygens (including phenoxy) is 1. The highest BCUT2D eigenvalue weighted by Crippen LogP contribution is 2.41. The van der Waals surface area contributed by atoms with Crippen LogP contribution in [0.4, 0.5) is 35.3 Å². The number of fused-ring (bicyclic) bond motifs is 2. The number of rotatable bonds is 6. The minimum absolute atomic E-state index is 0.169. The van der Waals surface area contributed by atoms with Crippen LogP contribution < -0.4 is 20.7 Å². The van der Waals surface area contributed by atoms with Crippen molar-refractivity contribution in [3.63, 3.8) is 0 Å². The molecule has 0 saturated carbocycles. The topological polar surface area (TPSA) is 117 Å². The second-order valence-corrected chi connectivity index (χ2v) is 12.2. The van der Waals surface area contributed by atoms with Gasteiger partial charge in [0, 0.05) is 46.0 Å². The number of amides is 2. The molecule has 238 valence electrons. The second kappa shape index (κ2) is 11.3. The summed E-state index contributed by atoms with van der Waals surface area (Å²) in [6, 6.07) is 2.29. The van der Waals surface area contributed by atoms with Crippen molar-refractivity contribution < 1.29 is 27.5 Å². The summed E-state index contributed by atoms with van der Waals surface area (Å²) in [4.78, 5) is 49.6. The molecule has 2 aromatic heterocycles. The van der Waals surface area contributed by atoms with Gasteiger partial charge in [0.15, 0.2) is 0 Å². The lowest BCUT2D eigenvalue weighted by Crippen LogP contribution is -2.51. The molecule has 3 aromatic rings. The normalized spacial score (nSPS) is 15.2. The number of anilines is 3. The molecule has 1 fully saturated rings. The maximum atomic E-state index is 13.9. The minimum atomic E-state index is -4.46. The van der Waals surface area contributed by atoms with E-state index < -0.39 is 34.9 Å². The van der Waals surface area contributed by atoms with Crippen molar-refractivity contribution in [3.05, 3.63) is 44.9 Å². The van der Waals surface area contributed by atoms with Crippen LogP contribution in [0.25, 0.3) is 5.78 Å². The van der Waals surface area contributed by atoms with Gasteiger partial charge in [0.2, 0.25) is 17.6 Å². The zero-order valence-electron chi connectivity index (χ0n) is 25.7. The molecule has 0 bridgehead atoms. The molecule has 5 rings (SSSR count). The van der Waals surface area contributed by atoms with Crippen LogP contribution in [0.5, 0.6) is 0 Å².